The average molecular weight is 309 g/mol. The number of anilines is 1. The summed E-state index contributed by atoms with van der Waals surface area (Å²) >= 11 is 0. The van der Waals surface area contributed by atoms with Gasteiger partial charge in [-0.3, -0.25) is 14.6 Å². The molecule has 2 aromatic rings. The van der Waals surface area contributed by atoms with E-state index in [0.717, 1.165) is 0 Å². The lowest BCUT2D eigenvalue weighted by molar-refractivity contribution is -0.140. The second-order valence-corrected chi connectivity index (χ2v) is 5.05. The molecule has 0 saturated heterocycles. The zero-order chi connectivity index (χ0) is 16.8. The molecular weight excluding hydrogens is 294 g/mol. The third kappa shape index (κ3) is 3.92. The molecule has 6 nitrogen and oxygen atoms in total. The SMILES string of the molecule is CC(CN(C(=O)c1ccncc1)c1cccc(C#N)c1)C(=O)O. The normalized spacial score (nSPS) is 11.3. The molecule has 116 valence electrons. The summed E-state index contributed by atoms with van der Waals surface area (Å²) in [6.45, 7) is 1.54. The molecule has 1 heterocycles. The molecule has 0 spiro atoms. The quantitative estimate of drug-likeness (QED) is 0.914. The van der Waals surface area contributed by atoms with Gasteiger partial charge >= 0.3 is 5.97 Å². The summed E-state index contributed by atoms with van der Waals surface area (Å²) < 4.78 is 0. The molecule has 6 heteroatoms. The van der Waals surface area contributed by atoms with Gasteiger partial charge in [-0.1, -0.05) is 13.0 Å². The number of amides is 1. The standard InChI is InChI=1S/C17H15N3O3/c1-12(17(22)23)11-20(15-4-2-3-13(9-15)10-18)16(21)14-5-7-19-8-6-14/h2-9,12H,11H2,1H3,(H,22,23). The first-order chi connectivity index (χ1) is 11.0. The molecule has 0 bridgehead atoms. The van der Waals surface area contributed by atoms with Crippen molar-refractivity contribution in [2.45, 2.75) is 6.92 Å². The van der Waals surface area contributed by atoms with Gasteiger partial charge in [0, 0.05) is 30.2 Å². The molecule has 0 aliphatic carbocycles. The van der Waals surface area contributed by atoms with Gasteiger partial charge in [0.1, 0.15) is 0 Å². The Bertz CT molecular complexity index is 753. The van der Waals surface area contributed by atoms with Gasteiger partial charge < -0.3 is 10.0 Å². The maximum Gasteiger partial charge on any atom is 0.308 e. The molecule has 0 aliphatic rings. The number of carboxylic acid groups (broad SMARTS) is 1. The topological polar surface area (TPSA) is 94.3 Å². The van der Waals surface area contributed by atoms with Crippen molar-refractivity contribution in [2.75, 3.05) is 11.4 Å². The number of carboxylic acids is 1. The number of rotatable bonds is 5. The van der Waals surface area contributed by atoms with Crippen LogP contribution in [0.1, 0.15) is 22.8 Å². The Hall–Kier alpha value is -3.20. The molecule has 1 unspecified atom stereocenters. The van der Waals surface area contributed by atoms with Gasteiger partial charge in [-0.15, -0.1) is 0 Å². The fourth-order valence-electron chi connectivity index (χ4n) is 2.05. The van der Waals surface area contributed by atoms with Crippen molar-refractivity contribution in [3.8, 4) is 6.07 Å². The van der Waals surface area contributed by atoms with Gasteiger partial charge in [0.05, 0.1) is 17.6 Å². The molecule has 0 aliphatic heterocycles. The molecule has 23 heavy (non-hydrogen) atoms. The van der Waals surface area contributed by atoms with Crippen LogP contribution in [0.2, 0.25) is 0 Å². The molecule has 2 rings (SSSR count). The van der Waals surface area contributed by atoms with Crippen LogP contribution in [-0.4, -0.2) is 28.5 Å². The lowest BCUT2D eigenvalue weighted by Gasteiger charge is -2.25. The first-order valence-corrected chi connectivity index (χ1v) is 6.97. The summed E-state index contributed by atoms with van der Waals surface area (Å²) in [4.78, 5) is 29.1. The van der Waals surface area contributed by atoms with E-state index in [1.165, 1.54) is 24.2 Å². The first-order valence-electron chi connectivity index (χ1n) is 6.97. The Kier molecular flexibility index (Phi) is 5.05. The van der Waals surface area contributed by atoms with Gasteiger partial charge in [0.25, 0.3) is 5.91 Å². The molecular formula is C17H15N3O3. The van der Waals surface area contributed by atoms with Crippen molar-refractivity contribution in [1.82, 2.24) is 4.98 Å². The van der Waals surface area contributed by atoms with Crippen LogP contribution < -0.4 is 4.90 Å². The summed E-state index contributed by atoms with van der Waals surface area (Å²) in [5.41, 5.74) is 1.29. The van der Waals surface area contributed by atoms with Crippen LogP contribution in [-0.2, 0) is 4.79 Å². The number of aromatic nitrogens is 1. The number of pyridine rings is 1. The van der Waals surface area contributed by atoms with Crippen LogP contribution in [0.4, 0.5) is 5.69 Å². The highest BCUT2D eigenvalue weighted by Gasteiger charge is 2.23. The van der Waals surface area contributed by atoms with E-state index in [2.05, 4.69) is 4.98 Å². The van der Waals surface area contributed by atoms with E-state index in [4.69, 9.17) is 10.4 Å². The van der Waals surface area contributed by atoms with E-state index in [9.17, 15) is 9.59 Å². The Labute approximate surface area is 133 Å². The zero-order valence-corrected chi connectivity index (χ0v) is 12.5. The summed E-state index contributed by atoms with van der Waals surface area (Å²) in [7, 11) is 0. The molecule has 1 atom stereocenters. The number of carbonyl (C=O) groups is 2. The number of hydrogen-bond acceptors (Lipinski definition) is 4. The van der Waals surface area contributed by atoms with Crippen LogP contribution >= 0.6 is 0 Å². The molecule has 1 aromatic heterocycles. The molecule has 1 amide bonds. The minimum absolute atomic E-state index is 0.00533. The van der Waals surface area contributed by atoms with E-state index in [1.54, 1.807) is 36.4 Å². The van der Waals surface area contributed by atoms with E-state index in [-0.39, 0.29) is 12.5 Å². The zero-order valence-electron chi connectivity index (χ0n) is 12.5. The number of nitrogens with zero attached hydrogens (tertiary/aromatic N) is 3. The molecule has 0 saturated carbocycles. The highest BCUT2D eigenvalue weighted by atomic mass is 16.4. The summed E-state index contributed by atoms with van der Waals surface area (Å²) in [5, 5.41) is 18.1. The van der Waals surface area contributed by atoms with Gasteiger partial charge in [-0.2, -0.15) is 5.26 Å². The fraction of sp³-hybridized carbons (Fsp3) is 0.176. The molecule has 1 N–H and O–H groups in total. The van der Waals surface area contributed by atoms with Gasteiger partial charge in [0.2, 0.25) is 0 Å². The Balaban J connectivity index is 2.41. The highest BCUT2D eigenvalue weighted by molar-refractivity contribution is 6.06. The number of aliphatic carboxylic acids is 1. The van der Waals surface area contributed by atoms with Crippen LogP contribution in [0.15, 0.2) is 48.8 Å². The van der Waals surface area contributed by atoms with E-state index in [0.29, 0.717) is 16.8 Å². The summed E-state index contributed by atoms with van der Waals surface area (Å²) in [6, 6.07) is 11.7. The predicted octanol–water partition coefficient (Wildman–Crippen LogP) is 2.32. The Morgan fingerprint density at radius 3 is 2.61 bits per heavy atom. The van der Waals surface area contributed by atoms with Crippen molar-refractivity contribution in [1.29, 1.82) is 5.26 Å². The number of benzene rings is 1. The fourth-order valence-corrected chi connectivity index (χ4v) is 2.05. The lowest BCUT2D eigenvalue weighted by atomic mass is 10.1. The van der Waals surface area contributed by atoms with Crippen LogP contribution in [0, 0.1) is 17.2 Å². The van der Waals surface area contributed by atoms with Gasteiger partial charge in [-0.25, -0.2) is 0 Å². The number of carbonyl (C=O) groups excluding carboxylic acids is 1. The van der Waals surface area contributed by atoms with E-state index in [1.807, 2.05) is 6.07 Å². The van der Waals surface area contributed by atoms with Crippen molar-refractivity contribution in [3.63, 3.8) is 0 Å². The second-order valence-electron chi connectivity index (χ2n) is 5.05. The Morgan fingerprint density at radius 2 is 2.00 bits per heavy atom. The van der Waals surface area contributed by atoms with Crippen LogP contribution in [0.25, 0.3) is 0 Å². The smallest absolute Gasteiger partial charge is 0.308 e. The number of hydrogen-bond donors (Lipinski definition) is 1. The van der Waals surface area contributed by atoms with Crippen LogP contribution in [0.5, 0.6) is 0 Å². The third-order valence-corrected chi connectivity index (χ3v) is 3.34. The molecule has 0 fully saturated rings. The van der Waals surface area contributed by atoms with Crippen molar-refractivity contribution < 1.29 is 14.7 Å². The second kappa shape index (κ2) is 7.18. The Morgan fingerprint density at radius 1 is 1.30 bits per heavy atom. The van der Waals surface area contributed by atoms with Crippen molar-refractivity contribution >= 4 is 17.6 Å². The predicted molar refractivity (Wildman–Crippen MR) is 83.9 cm³/mol. The van der Waals surface area contributed by atoms with Gasteiger partial charge in [-0.05, 0) is 30.3 Å². The highest BCUT2D eigenvalue weighted by Crippen LogP contribution is 2.20. The maximum atomic E-state index is 12.7. The maximum absolute atomic E-state index is 12.7. The monoisotopic (exact) mass is 309 g/mol. The molecule has 0 radical (unpaired) electrons. The minimum Gasteiger partial charge on any atom is -0.481 e. The largest absolute Gasteiger partial charge is 0.481 e. The third-order valence-electron chi connectivity index (χ3n) is 3.34. The summed E-state index contributed by atoms with van der Waals surface area (Å²) in [6.07, 6.45) is 3.00. The summed E-state index contributed by atoms with van der Waals surface area (Å²) in [5.74, 6) is -2.07. The average Bonchev–Trinajstić information content (AvgIpc) is 2.59. The van der Waals surface area contributed by atoms with Gasteiger partial charge in [0.15, 0.2) is 0 Å². The van der Waals surface area contributed by atoms with E-state index >= 15 is 0 Å². The minimum atomic E-state index is -0.992. The van der Waals surface area contributed by atoms with Crippen molar-refractivity contribution in [3.05, 3.63) is 59.9 Å². The number of nitriles is 1. The van der Waals surface area contributed by atoms with Crippen LogP contribution in [0.3, 0.4) is 0 Å². The van der Waals surface area contributed by atoms with Crippen molar-refractivity contribution in [2.24, 2.45) is 5.92 Å². The van der Waals surface area contributed by atoms with E-state index < -0.39 is 11.9 Å². The molecule has 1 aromatic carbocycles. The first kappa shape index (κ1) is 16.2. The lowest BCUT2D eigenvalue weighted by Crippen LogP contribution is -2.37.